The van der Waals surface area contributed by atoms with Gasteiger partial charge in [-0.3, -0.25) is 0 Å². The number of benzene rings is 12. The molecule has 77 heavy (non-hydrogen) atoms. The fraction of sp³-hybridized carbons (Fsp3) is 0.0141. The molecule has 0 atom stereocenters. The zero-order valence-electron chi connectivity index (χ0n) is 41.4. The summed E-state index contributed by atoms with van der Waals surface area (Å²) in [6.45, 7) is 7.93. The highest BCUT2D eigenvalue weighted by Gasteiger charge is 2.49. The number of nitriles is 1. The van der Waals surface area contributed by atoms with Gasteiger partial charge < -0.3 is 18.6 Å². The highest BCUT2D eigenvalue weighted by atomic mass is 16.3. The maximum absolute atomic E-state index is 10.1. The SMILES string of the molecule is [C-]#[N+]c1ccc(N(c2cc3c(c4ccccc24)-c2c(cc(N(c4ccc(C#N)cc4)c4cccc5c4oc4ccccc45)c4ccccc24)C3(c2ccccc2)c2ccccc2)c2cccc3c2oc2ccccc23)cc1. The number of rotatable bonds is 8. The van der Waals surface area contributed by atoms with E-state index in [4.69, 9.17) is 15.4 Å². The average molecular weight is 983 g/mol. The molecule has 0 amide bonds. The standard InChI is InChI=1S/C71H42N4O2/c1-73-48-36-40-50(41-37-48)75(62-31-17-29-58-54-25-13-15-33-66(54)77-70(58)62)64-43-60-68(56-27-11-9-23-52(56)64)67-55-26-10-8-22-51(55)63(42-59(67)71(60,46-18-4-2-5-19-46)47-20-6-3-7-21-47)74(49-38-34-45(44-72)35-39-49)61-30-16-28-57-53-24-12-14-32-65(53)76-69(57)61/h2-43H. The second kappa shape index (κ2) is 17.2. The minimum Gasteiger partial charge on any atom is -0.454 e. The monoisotopic (exact) mass is 982 g/mol. The van der Waals surface area contributed by atoms with Crippen LogP contribution in [-0.2, 0) is 5.41 Å². The summed E-state index contributed by atoms with van der Waals surface area (Å²) in [5.74, 6) is 0. The van der Waals surface area contributed by atoms with Crippen molar-refractivity contribution >= 4 is 105 Å². The van der Waals surface area contributed by atoms with E-state index in [9.17, 15) is 5.26 Å². The largest absolute Gasteiger partial charge is 0.454 e. The summed E-state index contributed by atoms with van der Waals surface area (Å²) in [6.07, 6.45) is 0. The first-order valence-electron chi connectivity index (χ1n) is 25.7. The van der Waals surface area contributed by atoms with Crippen molar-refractivity contribution in [3.8, 4) is 17.2 Å². The smallest absolute Gasteiger partial charge is 0.187 e. The molecule has 358 valence electrons. The van der Waals surface area contributed by atoms with E-state index in [1.165, 1.54) is 0 Å². The first-order chi connectivity index (χ1) is 38.1. The summed E-state index contributed by atoms with van der Waals surface area (Å²) in [7, 11) is 0. The van der Waals surface area contributed by atoms with Crippen LogP contribution in [-0.4, -0.2) is 0 Å². The number of hydrogen-bond donors (Lipinski definition) is 0. The van der Waals surface area contributed by atoms with Gasteiger partial charge in [-0.25, -0.2) is 4.85 Å². The molecule has 15 rings (SSSR count). The number of para-hydroxylation sites is 4. The number of anilines is 6. The molecule has 12 aromatic carbocycles. The van der Waals surface area contributed by atoms with Gasteiger partial charge in [-0.2, -0.15) is 5.26 Å². The minimum absolute atomic E-state index is 0.561. The van der Waals surface area contributed by atoms with Gasteiger partial charge in [0.05, 0.1) is 46.4 Å². The molecule has 6 heteroatoms. The number of fused-ring (bicyclic) bond motifs is 13. The van der Waals surface area contributed by atoms with Gasteiger partial charge in [-0.05, 0) is 117 Å². The molecule has 0 saturated carbocycles. The predicted octanol–water partition coefficient (Wildman–Crippen LogP) is 19.5. The number of hydrogen-bond acceptors (Lipinski definition) is 5. The molecule has 0 N–H and O–H groups in total. The van der Waals surface area contributed by atoms with Crippen LogP contribution in [0.4, 0.5) is 39.8 Å². The lowest BCUT2D eigenvalue weighted by atomic mass is 9.67. The van der Waals surface area contributed by atoms with E-state index in [0.717, 1.165) is 133 Å². The Morgan fingerprint density at radius 1 is 0.377 bits per heavy atom. The normalized spacial score (nSPS) is 12.5. The Bertz CT molecular complexity index is 4470. The third-order valence-corrected chi connectivity index (χ3v) is 15.7. The molecule has 6 nitrogen and oxygen atoms in total. The van der Waals surface area contributed by atoms with E-state index in [0.29, 0.717) is 11.3 Å². The number of nitrogens with zero attached hydrogens (tertiary/aromatic N) is 4. The van der Waals surface area contributed by atoms with Gasteiger partial charge in [0.1, 0.15) is 11.2 Å². The third-order valence-electron chi connectivity index (χ3n) is 15.7. The van der Waals surface area contributed by atoms with Crippen LogP contribution < -0.4 is 9.80 Å². The van der Waals surface area contributed by atoms with Crippen LogP contribution in [0.2, 0.25) is 0 Å². The Hall–Kier alpha value is -10.7. The van der Waals surface area contributed by atoms with Crippen molar-refractivity contribution in [2.24, 2.45) is 0 Å². The Balaban J connectivity index is 1.10. The summed E-state index contributed by atoms with van der Waals surface area (Å²) in [4.78, 5) is 8.46. The van der Waals surface area contributed by atoms with Gasteiger partial charge in [-0.15, -0.1) is 0 Å². The molecule has 0 aliphatic heterocycles. The molecule has 0 spiro atoms. The molecule has 1 aliphatic rings. The van der Waals surface area contributed by atoms with Gasteiger partial charge in [0.25, 0.3) is 0 Å². The van der Waals surface area contributed by atoms with Crippen LogP contribution in [0.5, 0.6) is 0 Å². The van der Waals surface area contributed by atoms with E-state index < -0.39 is 5.41 Å². The predicted molar refractivity (Wildman–Crippen MR) is 314 cm³/mol. The lowest BCUT2D eigenvalue weighted by Crippen LogP contribution is -2.29. The fourth-order valence-electron chi connectivity index (χ4n) is 12.5. The molecule has 0 unspecified atom stereocenters. The van der Waals surface area contributed by atoms with Crippen molar-refractivity contribution < 1.29 is 8.83 Å². The summed E-state index contributed by atoms with van der Waals surface area (Å²) in [6, 6.07) is 91.7. The quantitative estimate of drug-likeness (QED) is 0.142. The highest BCUT2D eigenvalue weighted by Crippen LogP contribution is 2.63. The number of furan rings is 2. The van der Waals surface area contributed by atoms with Crippen LogP contribution in [0.15, 0.2) is 264 Å². The summed E-state index contributed by atoms with van der Waals surface area (Å²) < 4.78 is 13.8. The molecule has 1 aliphatic carbocycles. The summed E-state index contributed by atoms with van der Waals surface area (Å²) >= 11 is 0. The average Bonchev–Trinajstić information content (AvgIpc) is 4.38. The Kier molecular flexibility index (Phi) is 9.81. The van der Waals surface area contributed by atoms with E-state index in [-0.39, 0.29) is 0 Å². The van der Waals surface area contributed by atoms with Crippen LogP contribution in [0, 0.1) is 17.9 Å². The van der Waals surface area contributed by atoms with Crippen LogP contribution in [0.25, 0.3) is 81.4 Å². The molecule has 0 radical (unpaired) electrons. The van der Waals surface area contributed by atoms with Gasteiger partial charge in [-0.1, -0.05) is 182 Å². The van der Waals surface area contributed by atoms with E-state index in [2.05, 4.69) is 203 Å². The topological polar surface area (TPSA) is 60.9 Å². The zero-order chi connectivity index (χ0) is 51.2. The molecular weight excluding hydrogens is 941 g/mol. The summed E-state index contributed by atoms with van der Waals surface area (Å²) in [5.41, 5.74) is 15.7. The first kappa shape index (κ1) is 43.9. The minimum atomic E-state index is -0.891. The molecule has 2 heterocycles. The van der Waals surface area contributed by atoms with E-state index >= 15 is 0 Å². The van der Waals surface area contributed by atoms with Gasteiger partial charge in [0, 0.05) is 43.7 Å². The first-order valence-corrected chi connectivity index (χ1v) is 25.7. The van der Waals surface area contributed by atoms with E-state index in [1.54, 1.807) is 0 Å². The van der Waals surface area contributed by atoms with E-state index in [1.807, 2.05) is 72.8 Å². The fourth-order valence-corrected chi connectivity index (χ4v) is 12.5. The lowest BCUT2D eigenvalue weighted by molar-refractivity contribution is 0.669. The lowest BCUT2D eigenvalue weighted by Gasteiger charge is -2.36. The molecule has 0 bridgehead atoms. The van der Waals surface area contributed by atoms with Crippen molar-refractivity contribution in [2.45, 2.75) is 5.41 Å². The molecule has 14 aromatic rings. The van der Waals surface area contributed by atoms with Gasteiger partial charge >= 0.3 is 0 Å². The van der Waals surface area contributed by atoms with Gasteiger partial charge in [0.2, 0.25) is 0 Å². The van der Waals surface area contributed by atoms with Crippen molar-refractivity contribution in [1.29, 1.82) is 5.26 Å². The third kappa shape index (κ3) is 6.47. The van der Waals surface area contributed by atoms with Crippen LogP contribution in [0.1, 0.15) is 27.8 Å². The van der Waals surface area contributed by atoms with Crippen LogP contribution >= 0.6 is 0 Å². The second-order valence-electron chi connectivity index (χ2n) is 19.7. The van der Waals surface area contributed by atoms with Crippen LogP contribution in [0.3, 0.4) is 0 Å². The molecule has 0 fully saturated rings. The summed E-state index contributed by atoms with van der Waals surface area (Å²) in [5, 5.41) is 18.5. The Morgan fingerprint density at radius 2 is 0.766 bits per heavy atom. The zero-order valence-corrected chi connectivity index (χ0v) is 41.4. The maximum Gasteiger partial charge on any atom is 0.187 e. The second-order valence-corrected chi connectivity index (χ2v) is 19.7. The Morgan fingerprint density at radius 3 is 1.21 bits per heavy atom. The Labute approximate surface area is 443 Å². The van der Waals surface area contributed by atoms with Crippen molar-refractivity contribution in [1.82, 2.24) is 0 Å². The maximum atomic E-state index is 10.1. The van der Waals surface area contributed by atoms with Crippen molar-refractivity contribution in [2.75, 3.05) is 9.80 Å². The highest BCUT2D eigenvalue weighted by molar-refractivity contribution is 6.20. The molecule has 2 aromatic heterocycles. The molecular formula is C71H42N4O2. The van der Waals surface area contributed by atoms with Crippen molar-refractivity contribution in [3.05, 3.63) is 294 Å². The molecule has 0 saturated heterocycles. The van der Waals surface area contributed by atoms with Gasteiger partial charge in [0.15, 0.2) is 16.9 Å². The van der Waals surface area contributed by atoms with Crippen molar-refractivity contribution in [3.63, 3.8) is 0 Å².